The summed E-state index contributed by atoms with van der Waals surface area (Å²) in [4.78, 5) is 11.3. The molecule has 0 aliphatic carbocycles. The highest BCUT2D eigenvalue weighted by molar-refractivity contribution is 5.99. The highest BCUT2D eigenvalue weighted by Gasteiger charge is 2.12. The zero-order valence-corrected chi connectivity index (χ0v) is 9.53. The number of rotatable bonds is 1. The Morgan fingerprint density at radius 2 is 1.65 bits per heavy atom. The summed E-state index contributed by atoms with van der Waals surface area (Å²) in [7, 11) is 0. The molecule has 0 atom stereocenters. The van der Waals surface area contributed by atoms with Crippen molar-refractivity contribution >= 4 is 16.6 Å². The van der Waals surface area contributed by atoms with Crippen LogP contribution in [0, 0.1) is 0 Å². The number of hydrogen-bond acceptors (Lipinski definition) is 3. The van der Waals surface area contributed by atoms with E-state index in [0.29, 0.717) is 18.8 Å². The minimum Gasteiger partial charge on any atom is -0.486 e. The average molecular weight is 228 g/mol. The summed E-state index contributed by atoms with van der Waals surface area (Å²) in [5, 5.41) is 2.06. The van der Waals surface area contributed by atoms with Crippen molar-refractivity contribution in [1.29, 1.82) is 0 Å². The lowest BCUT2D eigenvalue weighted by molar-refractivity contribution is 0.101. The number of hydrogen-bond donors (Lipinski definition) is 0. The van der Waals surface area contributed by atoms with Crippen molar-refractivity contribution in [1.82, 2.24) is 0 Å². The molecule has 0 aromatic heterocycles. The molecule has 0 unspecified atom stereocenters. The minimum atomic E-state index is 0.0711. The van der Waals surface area contributed by atoms with Crippen LogP contribution in [0.2, 0.25) is 0 Å². The van der Waals surface area contributed by atoms with Crippen molar-refractivity contribution in [3.05, 3.63) is 35.9 Å². The van der Waals surface area contributed by atoms with Gasteiger partial charge in [-0.05, 0) is 35.9 Å². The van der Waals surface area contributed by atoms with E-state index in [9.17, 15) is 4.79 Å². The summed E-state index contributed by atoms with van der Waals surface area (Å²) < 4.78 is 11.0. The first-order chi connectivity index (χ1) is 8.24. The normalized spacial score (nSPS) is 13.7. The van der Waals surface area contributed by atoms with E-state index in [1.165, 1.54) is 0 Å². The Labute approximate surface area is 99.0 Å². The van der Waals surface area contributed by atoms with E-state index in [-0.39, 0.29) is 5.78 Å². The van der Waals surface area contributed by atoms with Crippen LogP contribution in [0.1, 0.15) is 17.3 Å². The fraction of sp³-hybridized carbons (Fsp3) is 0.214. The molecule has 0 fully saturated rings. The fourth-order valence-electron chi connectivity index (χ4n) is 2.00. The van der Waals surface area contributed by atoms with Gasteiger partial charge in [0.1, 0.15) is 13.2 Å². The number of fused-ring (bicyclic) bond motifs is 2. The van der Waals surface area contributed by atoms with Gasteiger partial charge in [0, 0.05) is 5.56 Å². The second kappa shape index (κ2) is 3.77. The summed E-state index contributed by atoms with van der Waals surface area (Å²) in [6.07, 6.45) is 0. The number of Topliss-reactive ketones (excluding diaryl/α,β-unsaturated/α-hetero) is 1. The number of ether oxygens (including phenoxy) is 2. The highest BCUT2D eigenvalue weighted by atomic mass is 16.6. The van der Waals surface area contributed by atoms with Gasteiger partial charge in [-0.15, -0.1) is 0 Å². The van der Waals surface area contributed by atoms with Gasteiger partial charge in [0.25, 0.3) is 0 Å². The second-order valence-corrected chi connectivity index (χ2v) is 4.11. The van der Waals surface area contributed by atoms with Gasteiger partial charge in [-0.1, -0.05) is 12.1 Å². The molecular formula is C14H12O3. The Morgan fingerprint density at radius 1 is 1.00 bits per heavy atom. The molecule has 0 amide bonds. The van der Waals surface area contributed by atoms with Crippen molar-refractivity contribution < 1.29 is 14.3 Å². The molecule has 1 aliphatic heterocycles. The Balaban J connectivity index is 2.20. The lowest BCUT2D eigenvalue weighted by Gasteiger charge is -2.18. The molecule has 3 heteroatoms. The Kier molecular flexibility index (Phi) is 2.25. The standard InChI is InChI=1S/C14H12O3/c1-9(15)10-2-3-11-7-13-14(8-12(11)6-10)17-5-4-16-13/h2-3,6-8H,4-5H2,1H3. The third-order valence-corrected chi connectivity index (χ3v) is 2.91. The first-order valence-corrected chi connectivity index (χ1v) is 5.58. The van der Waals surface area contributed by atoms with E-state index in [4.69, 9.17) is 9.47 Å². The number of ketones is 1. The predicted octanol–water partition coefficient (Wildman–Crippen LogP) is 2.81. The van der Waals surface area contributed by atoms with Crippen LogP contribution in [0.25, 0.3) is 10.8 Å². The second-order valence-electron chi connectivity index (χ2n) is 4.11. The first kappa shape index (κ1) is 10.1. The zero-order valence-electron chi connectivity index (χ0n) is 9.53. The first-order valence-electron chi connectivity index (χ1n) is 5.58. The van der Waals surface area contributed by atoms with E-state index in [1.54, 1.807) is 6.92 Å². The molecule has 0 saturated heterocycles. The maximum Gasteiger partial charge on any atom is 0.161 e. The highest BCUT2D eigenvalue weighted by Crippen LogP contribution is 2.34. The minimum absolute atomic E-state index is 0.0711. The maximum atomic E-state index is 11.3. The van der Waals surface area contributed by atoms with Crippen molar-refractivity contribution in [2.24, 2.45) is 0 Å². The summed E-state index contributed by atoms with van der Waals surface area (Å²) in [6, 6.07) is 9.53. The fourth-order valence-corrected chi connectivity index (χ4v) is 2.00. The zero-order chi connectivity index (χ0) is 11.8. The Hall–Kier alpha value is -2.03. The molecule has 2 aromatic carbocycles. The topological polar surface area (TPSA) is 35.5 Å². The molecule has 17 heavy (non-hydrogen) atoms. The molecule has 3 nitrogen and oxygen atoms in total. The average Bonchev–Trinajstić information content (AvgIpc) is 2.35. The largest absolute Gasteiger partial charge is 0.486 e. The van der Waals surface area contributed by atoms with Crippen LogP contribution < -0.4 is 9.47 Å². The van der Waals surface area contributed by atoms with Crippen LogP contribution >= 0.6 is 0 Å². The molecule has 3 rings (SSSR count). The predicted molar refractivity (Wildman–Crippen MR) is 64.9 cm³/mol. The van der Waals surface area contributed by atoms with Gasteiger partial charge in [0.15, 0.2) is 17.3 Å². The molecular weight excluding hydrogens is 216 g/mol. The Morgan fingerprint density at radius 3 is 2.29 bits per heavy atom. The monoisotopic (exact) mass is 228 g/mol. The van der Waals surface area contributed by atoms with E-state index in [1.807, 2.05) is 30.3 Å². The summed E-state index contributed by atoms with van der Waals surface area (Å²) >= 11 is 0. The molecule has 86 valence electrons. The third kappa shape index (κ3) is 1.73. The van der Waals surface area contributed by atoms with E-state index in [0.717, 1.165) is 22.3 Å². The molecule has 0 N–H and O–H groups in total. The van der Waals surface area contributed by atoms with Gasteiger partial charge in [-0.3, -0.25) is 4.79 Å². The molecule has 0 spiro atoms. The molecule has 2 aromatic rings. The lowest BCUT2D eigenvalue weighted by atomic mass is 10.0. The van der Waals surface area contributed by atoms with Crippen LogP contribution in [0.5, 0.6) is 11.5 Å². The number of carbonyl (C=O) groups is 1. The number of benzene rings is 2. The van der Waals surface area contributed by atoms with Crippen molar-refractivity contribution in [2.45, 2.75) is 6.92 Å². The molecule has 1 heterocycles. The van der Waals surface area contributed by atoms with Crippen LogP contribution in [-0.2, 0) is 0 Å². The van der Waals surface area contributed by atoms with Crippen LogP contribution in [0.15, 0.2) is 30.3 Å². The Bertz CT molecular complexity index is 602. The van der Waals surface area contributed by atoms with Crippen LogP contribution in [0.4, 0.5) is 0 Å². The van der Waals surface area contributed by atoms with Gasteiger partial charge in [-0.25, -0.2) is 0 Å². The van der Waals surface area contributed by atoms with Crippen LogP contribution in [-0.4, -0.2) is 19.0 Å². The van der Waals surface area contributed by atoms with Gasteiger partial charge in [0.05, 0.1) is 0 Å². The van der Waals surface area contributed by atoms with Gasteiger partial charge >= 0.3 is 0 Å². The smallest absolute Gasteiger partial charge is 0.161 e. The third-order valence-electron chi connectivity index (χ3n) is 2.91. The van der Waals surface area contributed by atoms with Crippen molar-refractivity contribution in [3.63, 3.8) is 0 Å². The van der Waals surface area contributed by atoms with E-state index < -0.39 is 0 Å². The summed E-state index contributed by atoms with van der Waals surface area (Å²) in [5.74, 6) is 1.60. The van der Waals surface area contributed by atoms with Crippen molar-refractivity contribution in [2.75, 3.05) is 13.2 Å². The maximum absolute atomic E-state index is 11.3. The van der Waals surface area contributed by atoms with Crippen molar-refractivity contribution in [3.8, 4) is 11.5 Å². The molecule has 0 saturated carbocycles. The van der Waals surface area contributed by atoms with Crippen LogP contribution in [0.3, 0.4) is 0 Å². The van der Waals surface area contributed by atoms with E-state index >= 15 is 0 Å². The van der Waals surface area contributed by atoms with Gasteiger partial charge in [0.2, 0.25) is 0 Å². The van der Waals surface area contributed by atoms with Gasteiger partial charge < -0.3 is 9.47 Å². The molecule has 1 aliphatic rings. The lowest BCUT2D eigenvalue weighted by Crippen LogP contribution is -2.15. The number of carbonyl (C=O) groups excluding carboxylic acids is 1. The van der Waals surface area contributed by atoms with Gasteiger partial charge in [-0.2, -0.15) is 0 Å². The molecule has 0 bridgehead atoms. The molecule has 0 radical (unpaired) electrons. The van der Waals surface area contributed by atoms with E-state index in [2.05, 4.69) is 0 Å². The quantitative estimate of drug-likeness (QED) is 0.704. The summed E-state index contributed by atoms with van der Waals surface area (Å²) in [5.41, 5.74) is 0.717. The summed E-state index contributed by atoms with van der Waals surface area (Å²) in [6.45, 7) is 2.73. The SMILES string of the molecule is CC(=O)c1ccc2cc3c(cc2c1)OCCO3.